The number of nitrogens with two attached hydrogens (primary N) is 1. The molecule has 98 valence electrons. The van der Waals surface area contributed by atoms with Crippen molar-refractivity contribution < 1.29 is 9.18 Å². The highest BCUT2D eigenvalue weighted by molar-refractivity contribution is 6.05. The third-order valence-corrected chi connectivity index (χ3v) is 2.87. The lowest BCUT2D eigenvalue weighted by atomic mass is 10.1. The Hall–Kier alpha value is -2.27. The first-order chi connectivity index (χ1) is 9.13. The second-order valence-electron chi connectivity index (χ2n) is 4.09. The summed E-state index contributed by atoms with van der Waals surface area (Å²) in [5.74, 6) is -1.04. The van der Waals surface area contributed by atoms with Gasteiger partial charge in [-0.05, 0) is 23.8 Å². The molecule has 0 radical (unpaired) electrons. The number of nitrogens with zero attached hydrogens (tertiary/aromatic N) is 2. The van der Waals surface area contributed by atoms with Gasteiger partial charge in [0.1, 0.15) is 0 Å². The Morgan fingerprint density at radius 2 is 2.00 bits per heavy atom. The standard InChI is InChI=1S/C14H14FN3O/c1-18(11-4-2-10(8-16)3-5-11)14(19)12-6-7-17-9-13(12)15/h2-7,9H,8,16H2,1H3. The summed E-state index contributed by atoms with van der Waals surface area (Å²) >= 11 is 0. The van der Waals surface area contributed by atoms with Crippen LogP contribution in [0.5, 0.6) is 0 Å². The summed E-state index contributed by atoms with van der Waals surface area (Å²) in [4.78, 5) is 17.2. The molecule has 19 heavy (non-hydrogen) atoms. The van der Waals surface area contributed by atoms with Crippen LogP contribution >= 0.6 is 0 Å². The normalized spacial score (nSPS) is 10.3. The van der Waals surface area contributed by atoms with Crippen LogP contribution in [0.2, 0.25) is 0 Å². The molecule has 0 spiro atoms. The van der Waals surface area contributed by atoms with E-state index < -0.39 is 11.7 Å². The number of hydrogen-bond donors (Lipinski definition) is 1. The van der Waals surface area contributed by atoms with Crippen molar-refractivity contribution in [2.75, 3.05) is 11.9 Å². The van der Waals surface area contributed by atoms with Crippen LogP contribution in [0.15, 0.2) is 42.7 Å². The molecule has 2 N–H and O–H groups in total. The Balaban J connectivity index is 2.26. The van der Waals surface area contributed by atoms with E-state index in [1.807, 2.05) is 12.1 Å². The number of halogens is 1. The summed E-state index contributed by atoms with van der Waals surface area (Å²) < 4.78 is 13.5. The lowest BCUT2D eigenvalue weighted by molar-refractivity contribution is 0.0989. The van der Waals surface area contributed by atoms with Gasteiger partial charge in [0.15, 0.2) is 5.82 Å². The van der Waals surface area contributed by atoms with E-state index >= 15 is 0 Å². The maximum Gasteiger partial charge on any atom is 0.261 e. The third-order valence-electron chi connectivity index (χ3n) is 2.87. The van der Waals surface area contributed by atoms with E-state index in [-0.39, 0.29) is 5.56 Å². The second kappa shape index (κ2) is 5.58. The number of hydrogen-bond acceptors (Lipinski definition) is 3. The fourth-order valence-electron chi connectivity index (χ4n) is 1.70. The van der Waals surface area contributed by atoms with Gasteiger partial charge in [0, 0.05) is 25.5 Å². The summed E-state index contributed by atoms with van der Waals surface area (Å²) in [5.41, 5.74) is 7.16. The van der Waals surface area contributed by atoms with Gasteiger partial charge >= 0.3 is 0 Å². The molecule has 1 heterocycles. The highest BCUT2D eigenvalue weighted by atomic mass is 19.1. The van der Waals surface area contributed by atoms with Gasteiger partial charge < -0.3 is 10.6 Å². The molecule has 5 heteroatoms. The topological polar surface area (TPSA) is 59.2 Å². The summed E-state index contributed by atoms with van der Waals surface area (Å²) in [5, 5.41) is 0. The zero-order valence-electron chi connectivity index (χ0n) is 10.5. The van der Waals surface area contributed by atoms with Crippen LogP contribution in [0, 0.1) is 5.82 Å². The molecule has 1 amide bonds. The van der Waals surface area contributed by atoms with Gasteiger partial charge in [0.2, 0.25) is 0 Å². The average molecular weight is 259 g/mol. The van der Waals surface area contributed by atoms with Crippen LogP contribution in [0.1, 0.15) is 15.9 Å². The predicted octanol–water partition coefficient (Wildman–Crippen LogP) is 1.96. The Kier molecular flexibility index (Phi) is 3.87. The van der Waals surface area contributed by atoms with Gasteiger partial charge in [0.25, 0.3) is 5.91 Å². The predicted molar refractivity (Wildman–Crippen MR) is 71.3 cm³/mol. The fraction of sp³-hybridized carbons (Fsp3) is 0.143. The van der Waals surface area contributed by atoms with Crippen LogP contribution in [0.25, 0.3) is 0 Å². The zero-order chi connectivity index (χ0) is 13.8. The Morgan fingerprint density at radius 3 is 2.58 bits per heavy atom. The van der Waals surface area contributed by atoms with Crippen LogP contribution in [-0.2, 0) is 6.54 Å². The Labute approximate surface area is 110 Å². The van der Waals surface area contributed by atoms with Crippen molar-refractivity contribution >= 4 is 11.6 Å². The first kappa shape index (κ1) is 13.2. The maximum absolute atomic E-state index is 13.5. The van der Waals surface area contributed by atoms with Crippen molar-refractivity contribution in [3.8, 4) is 0 Å². The second-order valence-corrected chi connectivity index (χ2v) is 4.09. The van der Waals surface area contributed by atoms with Gasteiger partial charge in [-0.1, -0.05) is 12.1 Å². The van der Waals surface area contributed by atoms with Crippen LogP contribution < -0.4 is 10.6 Å². The summed E-state index contributed by atoms with van der Waals surface area (Å²) in [6, 6.07) is 8.59. The highest BCUT2D eigenvalue weighted by Crippen LogP contribution is 2.17. The molecule has 0 aliphatic rings. The summed E-state index contributed by atoms with van der Waals surface area (Å²) in [6.45, 7) is 0.441. The fourth-order valence-corrected chi connectivity index (χ4v) is 1.70. The SMILES string of the molecule is CN(C(=O)c1ccncc1F)c1ccc(CN)cc1. The zero-order valence-corrected chi connectivity index (χ0v) is 10.5. The molecule has 2 aromatic rings. The van der Waals surface area contributed by atoms with E-state index in [1.54, 1.807) is 19.2 Å². The molecule has 0 aliphatic carbocycles. The van der Waals surface area contributed by atoms with Gasteiger partial charge in [-0.3, -0.25) is 9.78 Å². The first-order valence-electron chi connectivity index (χ1n) is 5.80. The van der Waals surface area contributed by atoms with E-state index in [2.05, 4.69) is 4.98 Å². The molecule has 0 atom stereocenters. The van der Waals surface area contributed by atoms with Crippen molar-refractivity contribution in [2.45, 2.75) is 6.54 Å². The number of carbonyl (C=O) groups excluding carboxylic acids is 1. The monoisotopic (exact) mass is 259 g/mol. The van der Waals surface area contributed by atoms with Crippen LogP contribution in [-0.4, -0.2) is 17.9 Å². The van der Waals surface area contributed by atoms with E-state index in [0.29, 0.717) is 12.2 Å². The smallest absolute Gasteiger partial charge is 0.261 e. The number of amides is 1. The molecule has 0 bridgehead atoms. The van der Waals surface area contributed by atoms with Crippen molar-refractivity contribution in [3.63, 3.8) is 0 Å². The van der Waals surface area contributed by atoms with Crippen molar-refractivity contribution in [3.05, 3.63) is 59.7 Å². The molecule has 0 aliphatic heterocycles. The van der Waals surface area contributed by atoms with E-state index in [4.69, 9.17) is 5.73 Å². The average Bonchev–Trinajstić information content (AvgIpc) is 2.46. The molecule has 4 nitrogen and oxygen atoms in total. The van der Waals surface area contributed by atoms with Crippen LogP contribution in [0.4, 0.5) is 10.1 Å². The molecular formula is C14H14FN3O. The quantitative estimate of drug-likeness (QED) is 0.916. The summed E-state index contributed by atoms with van der Waals surface area (Å²) in [7, 11) is 1.60. The number of pyridine rings is 1. The molecule has 0 saturated carbocycles. The highest BCUT2D eigenvalue weighted by Gasteiger charge is 2.17. The van der Waals surface area contributed by atoms with Crippen LogP contribution in [0.3, 0.4) is 0 Å². The van der Waals surface area contributed by atoms with E-state index in [1.165, 1.54) is 17.2 Å². The minimum absolute atomic E-state index is 0.000372. The molecule has 0 saturated heterocycles. The summed E-state index contributed by atoms with van der Waals surface area (Å²) in [6.07, 6.45) is 2.42. The number of benzene rings is 1. The minimum Gasteiger partial charge on any atom is -0.326 e. The maximum atomic E-state index is 13.5. The van der Waals surface area contributed by atoms with Crippen molar-refractivity contribution in [2.24, 2.45) is 5.73 Å². The molecule has 0 fully saturated rings. The largest absolute Gasteiger partial charge is 0.326 e. The first-order valence-corrected chi connectivity index (χ1v) is 5.80. The van der Waals surface area contributed by atoms with E-state index in [0.717, 1.165) is 11.8 Å². The van der Waals surface area contributed by atoms with Gasteiger partial charge in [-0.25, -0.2) is 4.39 Å². The van der Waals surface area contributed by atoms with Crippen molar-refractivity contribution in [1.82, 2.24) is 4.98 Å². The molecular weight excluding hydrogens is 245 g/mol. The molecule has 1 aromatic carbocycles. The number of aromatic nitrogens is 1. The lowest BCUT2D eigenvalue weighted by Gasteiger charge is -2.17. The number of carbonyl (C=O) groups is 1. The van der Waals surface area contributed by atoms with Gasteiger partial charge in [0.05, 0.1) is 11.8 Å². The van der Waals surface area contributed by atoms with Crippen molar-refractivity contribution in [1.29, 1.82) is 0 Å². The molecule has 0 unspecified atom stereocenters. The molecule has 1 aromatic heterocycles. The Morgan fingerprint density at radius 1 is 1.32 bits per heavy atom. The van der Waals surface area contributed by atoms with Gasteiger partial charge in [-0.15, -0.1) is 0 Å². The number of anilines is 1. The van der Waals surface area contributed by atoms with Gasteiger partial charge in [-0.2, -0.15) is 0 Å². The Bertz CT molecular complexity index is 583. The molecule has 2 rings (SSSR count). The van der Waals surface area contributed by atoms with E-state index in [9.17, 15) is 9.18 Å². The lowest BCUT2D eigenvalue weighted by Crippen LogP contribution is -2.27. The number of rotatable bonds is 3. The third kappa shape index (κ3) is 2.77. The minimum atomic E-state index is -0.627.